The second-order valence-corrected chi connectivity index (χ2v) is 8.34. The van der Waals surface area contributed by atoms with E-state index in [1.165, 1.54) is 24.0 Å². The standard InChI is InChI=1S/C16H20FNO5S/c1-10-7-18(8-14(10)16(20)21)15(19)11(2)9-24(22,23)13-5-3-12(17)4-6-13/h3-6,10-11,14H,7-9H2,1-2H3,(H,20,21)/t10-,11?,14-/m1/s1. The van der Waals surface area contributed by atoms with Crippen molar-refractivity contribution in [3.8, 4) is 0 Å². The van der Waals surface area contributed by atoms with Crippen LogP contribution in [0.3, 0.4) is 0 Å². The summed E-state index contributed by atoms with van der Waals surface area (Å²) in [6.45, 7) is 3.65. The fourth-order valence-electron chi connectivity index (χ4n) is 2.92. The van der Waals surface area contributed by atoms with Gasteiger partial charge in [0.25, 0.3) is 0 Å². The van der Waals surface area contributed by atoms with Crippen molar-refractivity contribution in [3.63, 3.8) is 0 Å². The number of halogens is 1. The topological polar surface area (TPSA) is 91.8 Å². The van der Waals surface area contributed by atoms with Crippen LogP contribution in [0, 0.1) is 23.6 Å². The normalized spacial score (nSPS) is 22.4. The Morgan fingerprint density at radius 2 is 1.88 bits per heavy atom. The summed E-state index contributed by atoms with van der Waals surface area (Å²) in [7, 11) is -3.72. The molecule has 1 N–H and O–H groups in total. The molecule has 1 heterocycles. The van der Waals surface area contributed by atoms with Gasteiger partial charge in [-0.2, -0.15) is 0 Å². The number of carboxylic acid groups (broad SMARTS) is 1. The summed E-state index contributed by atoms with van der Waals surface area (Å²) >= 11 is 0. The summed E-state index contributed by atoms with van der Waals surface area (Å²) in [6.07, 6.45) is 0. The van der Waals surface area contributed by atoms with E-state index in [1.54, 1.807) is 6.92 Å². The predicted octanol–water partition coefficient (Wildman–Crippen LogP) is 1.41. The van der Waals surface area contributed by atoms with Gasteiger partial charge in [-0.25, -0.2) is 12.8 Å². The summed E-state index contributed by atoms with van der Waals surface area (Å²) in [5.41, 5.74) is 0. The van der Waals surface area contributed by atoms with Crippen molar-refractivity contribution in [1.82, 2.24) is 4.90 Å². The molecule has 6 nitrogen and oxygen atoms in total. The number of carbonyl (C=O) groups is 2. The molecular weight excluding hydrogens is 337 g/mol. The van der Waals surface area contributed by atoms with E-state index in [0.717, 1.165) is 12.1 Å². The van der Waals surface area contributed by atoms with Gasteiger partial charge in [-0.1, -0.05) is 13.8 Å². The van der Waals surface area contributed by atoms with Crippen LogP contribution in [0.5, 0.6) is 0 Å². The van der Waals surface area contributed by atoms with Gasteiger partial charge in [0.15, 0.2) is 9.84 Å². The quantitative estimate of drug-likeness (QED) is 0.805. The first-order valence-electron chi connectivity index (χ1n) is 7.61. The average molecular weight is 357 g/mol. The number of sulfone groups is 1. The van der Waals surface area contributed by atoms with Gasteiger partial charge >= 0.3 is 5.97 Å². The molecule has 1 aliphatic heterocycles. The Hall–Kier alpha value is -1.96. The number of nitrogens with zero attached hydrogens (tertiary/aromatic N) is 1. The molecule has 2 rings (SSSR count). The molecule has 1 fully saturated rings. The first-order chi connectivity index (χ1) is 11.1. The van der Waals surface area contributed by atoms with Crippen molar-refractivity contribution in [2.45, 2.75) is 18.7 Å². The summed E-state index contributed by atoms with van der Waals surface area (Å²) < 4.78 is 37.6. The van der Waals surface area contributed by atoms with Gasteiger partial charge in [0.2, 0.25) is 5.91 Å². The minimum atomic E-state index is -3.72. The molecule has 0 radical (unpaired) electrons. The van der Waals surface area contributed by atoms with E-state index in [2.05, 4.69) is 0 Å². The van der Waals surface area contributed by atoms with Crippen LogP contribution in [0.2, 0.25) is 0 Å². The van der Waals surface area contributed by atoms with Crippen LogP contribution in [-0.2, 0) is 19.4 Å². The molecule has 1 aliphatic rings. The predicted molar refractivity (Wildman–Crippen MR) is 84.5 cm³/mol. The molecule has 1 amide bonds. The first-order valence-corrected chi connectivity index (χ1v) is 9.27. The minimum Gasteiger partial charge on any atom is -0.481 e. The highest BCUT2D eigenvalue weighted by Crippen LogP contribution is 2.25. The molecule has 1 saturated heterocycles. The van der Waals surface area contributed by atoms with E-state index in [4.69, 9.17) is 5.11 Å². The highest BCUT2D eigenvalue weighted by Gasteiger charge is 2.38. The number of hydrogen-bond donors (Lipinski definition) is 1. The van der Waals surface area contributed by atoms with Gasteiger partial charge in [0.05, 0.1) is 16.6 Å². The third-order valence-corrected chi connectivity index (χ3v) is 6.23. The van der Waals surface area contributed by atoms with Gasteiger partial charge in [0, 0.05) is 19.0 Å². The number of rotatable bonds is 5. The van der Waals surface area contributed by atoms with Crippen molar-refractivity contribution in [3.05, 3.63) is 30.1 Å². The van der Waals surface area contributed by atoms with Crippen LogP contribution in [0.25, 0.3) is 0 Å². The Morgan fingerprint density at radius 1 is 1.29 bits per heavy atom. The Morgan fingerprint density at radius 3 is 2.38 bits per heavy atom. The Labute approximate surface area is 140 Å². The maximum absolute atomic E-state index is 12.9. The zero-order valence-corrected chi connectivity index (χ0v) is 14.3. The van der Waals surface area contributed by atoms with Gasteiger partial charge in [-0.05, 0) is 30.2 Å². The molecule has 1 aromatic carbocycles. The van der Waals surface area contributed by atoms with Crippen LogP contribution in [0.15, 0.2) is 29.2 Å². The molecule has 1 unspecified atom stereocenters. The molecule has 8 heteroatoms. The fourth-order valence-corrected chi connectivity index (χ4v) is 4.46. The lowest BCUT2D eigenvalue weighted by molar-refractivity contribution is -0.142. The van der Waals surface area contributed by atoms with Crippen molar-refractivity contribution in [2.75, 3.05) is 18.8 Å². The van der Waals surface area contributed by atoms with Crippen molar-refractivity contribution in [2.24, 2.45) is 17.8 Å². The molecule has 0 spiro atoms. The van der Waals surface area contributed by atoms with Crippen LogP contribution < -0.4 is 0 Å². The van der Waals surface area contributed by atoms with E-state index in [-0.39, 0.29) is 23.3 Å². The molecule has 1 aromatic rings. The second kappa shape index (κ2) is 6.88. The van der Waals surface area contributed by atoms with Crippen LogP contribution in [0.4, 0.5) is 4.39 Å². The summed E-state index contributed by atoms with van der Waals surface area (Å²) in [6, 6.07) is 4.44. The average Bonchev–Trinajstić information content (AvgIpc) is 2.88. The maximum Gasteiger partial charge on any atom is 0.308 e. The van der Waals surface area contributed by atoms with E-state index < -0.39 is 39.2 Å². The number of benzene rings is 1. The molecule has 24 heavy (non-hydrogen) atoms. The zero-order chi connectivity index (χ0) is 18.1. The number of aliphatic carboxylic acids is 1. The lowest BCUT2D eigenvalue weighted by Gasteiger charge is -2.20. The highest BCUT2D eigenvalue weighted by atomic mass is 32.2. The van der Waals surface area contributed by atoms with Gasteiger partial charge < -0.3 is 10.0 Å². The molecular formula is C16H20FNO5S. The fraction of sp³-hybridized carbons (Fsp3) is 0.500. The van der Waals surface area contributed by atoms with E-state index in [9.17, 15) is 22.4 Å². The molecule has 132 valence electrons. The highest BCUT2D eigenvalue weighted by molar-refractivity contribution is 7.91. The molecule has 0 aliphatic carbocycles. The van der Waals surface area contributed by atoms with Crippen molar-refractivity contribution < 1.29 is 27.5 Å². The van der Waals surface area contributed by atoms with Crippen molar-refractivity contribution in [1.29, 1.82) is 0 Å². The molecule has 0 aromatic heterocycles. The third-order valence-electron chi connectivity index (χ3n) is 4.30. The SMILES string of the molecule is CC(CS(=O)(=O)c1ccc(F)cc1)C(=O)N1C[C@@H](C)[C@H](C(=O)O)C1. The first kappa shape index (κ1) is 18.4. The van der Waals surface area contributed by atoms with Crippen LogP contribution >= 0.6 is 0 Å². The number of carbonyl (C=O) groups excluding carboxylic acids is 1. The number of amides is 1. The summed E-state index contributed by atoms with van der Waals surface area (Å²) in [5.74, 6) is -3.88. The van der Waals surface area contributed by atoms with Crippen LogP contribution in [-0.4, -0.2) is 49.1 Å². The maximum atomic E-state index is 12.9. The van der Waals surface area contributed by atoms with Gasteiger partial charge in [-0.3, -0.25) is 9.59 Å². The molecule has 3 atom stereocenters. The number of carboxylic acids is 1. The Balaban J connectivity index is 2.06. The Kier molecular flexibility index (Phi) is 5.27. The van der Waals surface area contributed by atoms with E-state index >= 15 is 0 Å². The van der Waals surface area contributed by atoms with E-state index in [0.29, 0.717) is 6.54 Å². The van der Waals surface area contributed by atoms with Gasteiger partial charge in [-0.15, -0.1) is 0 Å². The minimum absolute atomic E-state index is 0.0400. The summed E-state index contributed by atoms with van der Waals surface area (Å²) in [4.78, 5) is 24.9. The number of likely N-dealkylation sites (tertiary alicyclic amines) is 1. The lowest BCUT2D eigenvalue weighted by atomic mass is 9.99. The lowest BCUT2D eigenvalue weighted by Crippen LogP contribution is -2.36. The van der Waals surface area contributed by atoms with E-state index in [1.807, 2.05) is 0 Å². The third kappa shape index (κ3) is 3.92. The Bertz CT molecular complexity index is 731. The monoisotopic (exact) mass is 357 g/mol. The van der Waals surface area contributed by atoms with Gasteiger partial charge in [0.1, 0.15) is 5.82 Å². The second-order valence-electron chi connectivity index (χ2n) is 6.30. The summed E-state index contributed by atoms with van der Waals surface area (Å²) in [5, 5.41) is 9.11. The zero-order valence-electron chi connectivity index (χ0n) is 13.5. The van der Waals surface area contributed by atoms with Crippen LogP contribution in [0.1, 0.15) is 13.8 Å². The molecule has 0 saturated carbocycles. The largest absolute Gasteiger partial charge is 0.481 e. The molecule has 0 bridgehead atoms. The van der Waals surface area contributed by atoms with Crippen molar-refractivity contribution >= 4 is 21.7 Å². The number of hydrogen-bond acceptors (Lipinski definition) is 4. The smallest absolute Gasteiger partial charge is 0.308 e.